The average molecular weight is 340 g/mol. The summed E-state index contributed by atoms with van der Waals surface area (Å²) in [6.45, 7) is 2.37. The molecule has 0 aliphatic rings. The first-order valence-corrected chi connectivity index (χ1v) is 6.96. The molecule has 24 heavy (non-hydrogen) atoms. The van der Waals surface area contributed by atoms with E-state index in [1.165, 1.54) is 24.3 Å². The first-order valence-electron chi connectivity index (χ1n) is 6.96. The standard InChI is InChI=1S/C15H15F3N4O2/c1-2-20-11-6-7-12(21-13(11)14(23)22-19)24-10-5-3-4-9(8-10)15(16,17)18/h3-8,20H,2,19H2,1H3,(H,22,23). The van der Waals surface area contributed by atoms with Gasteiger partial charge in [-0.25, -0.2) is 10.8 Å². The van der Waals surface area contributed by atoms with E-state index >= 15 is 0 Å². The van der Waals surface area contributed by atoms with E-state index in [1.807, 2.05) is 12.3 Å². The van der Waals surface area contributed by atoms with Crippen LogP contribution in [0, 0.1) is 0 Å². The second-order valence-corrected chi connectivity index (χ2v) is 4.68. The highest BCUT2D eigenvalue weighted by Crippen LogP contribution is 2.32. The lowest BCUT2D eigenvalue weighted by atomic mass is 10.2. The summed E-state index contributed by atoms with van der Waals surface area (Å²) in [6, 6.07) is 7.33. The number of benzene rings is 1. The van der Waals surface area contributed by atoms with Crippen molar-refractivity contribution in [1.29, 1.82) is 0 Å². The predicted octanol–water partition coefficient (Wildman–Crippen LogP) is 2.93. The molecule has 0 aliphatic carbocycles. The number of rotatable bonds is 5. The van der Waals surface area contributed by atoms with Crippen molar-refractivity contribution in [2.45, 2.75) is 13.1 Å². The monoisotopic (exact) mass is 340 g/mol. The van der Waals surface area contributed by atoms with Gasteiger partial charge in [-0.05, 0) is 31.2 Å². The fraction of sp³-hybridized carbons (Fsp3) is 0.200. The van der Waals surface area contributed by atoms with Crippen LogP contribution in [0.15, 0.2) is 36.4 Å². The fourth-order valence-electron chi connectivity index (χ4n) is 1.93. The van der Waals surface area contributed by atoms with Crippen LogP contribution in [0.5, 0.6) is 11.6 Å². The molecular weight excluding hydrogens is 325 g/mol. The van der Waals surface area contributed by atoms with E-state index in [2.05, 4.69) is 10.3 Å². The van der Waals surface area contributed by atoms with Crippen LogP contribution in [0.25, 0.3) is 0 Å². The van der Waals surface area contributed by atoms with Gasteiger partial charge in [0.15, 0.2) is 5.69 Å². The summed E-state index contributed by atoms with van der Waals surface area (Å²) in [5, 5.41) is 2.93. The van der Waals surface area contributed by atoms with E-state index in [0.29, 0.717) is 12.2 Å². The SMILES string of the molecule is CCNc1ccc(Oc2cccc(C(F)(F)F)c2)nc1C(=O)NN. The lowest BCUT2D eigenvalue weighted by molar-refractivity contribution is -0.137. The Bertz CT molecular complexity index is 735. The number of hydrogen-bond donors (Lipinski definition) is 3. The van der Waals surface area contributed by atoms with Gasteiger partial charge in [-0.1, -0.05) is 6.07 Å². The van der Waals surface area contributed by atoms with Crippen molar-refractivity contribution in [2.75, 3.05) is 11.9 Å². The Hall–Kier alpha value is -2.81. The van der Waals surface area contributed by atoms with Crippen LogP contribution in [0.3, 0.4) is 0 Å². The number of halogens is 3. The van der Waals surface area contributed by atoms with E-state index in [4.69, 9.17) is 10.6 Å². The van der Waals surface area contributed by atoms with Gasteiger partial charge in [-0.2, -0.15) is 13.2 Å². The quantitative estimate of drug-likeness (QED) is 0.442. The first-order chi connectivity index (χ1) is 11.3. The molecule has 0 radical (unpaired) electrons. The van der Waals surface area contributed by atoms with Gasteiger partial charge >= 0.3 is 6.18 Å². The second-order valence-electron chi connectivity index (χ2n) is 4.68. The molecule has 0 saturated carbocycles. The second kappa shape index (κ2) is 7.18. The highest BCUT2D eigenvalue weighted by Gasteiger charge is 2.30. The zero-order chi connectivity index (χ0) is 17.7. The molecule has 4 N–H and O–H groups in total. The topological polar surface area (TPSA) is 89.3 Å². The van der Waals surface area contributed by atoms with Gasteiger partial charge in [0.25, 0.3) is 5.91 Å². The number of hydrazine groups is 1. The lowest BCUT2D eigenvalue weighted by Crippen LogP contribution is -2.31. The van der Waals surface area contributed by atoms with Crippen molar-refractivity contribution in [1.82, 2.24) is 10.4 Å². The number of amides is 1. The van der Waals surface area contributed by atoms with Crippen LogP contribution in [-0.4, -0.2) is 17.4 Å². The highest BCUT2D eigenvalue weighted by molar-refractivity contribution is 5.97. The van der Waals surface area contributed by atoms with E-state index < -0.39 is 17.6 Å². The number of nitrogens with zero attached hydrogens (tertiary/aromatic N) is 1. The summed E-state index contributed by atoms with van der Waals surface area (Å²) in [5.41, 5.74) is 1.51. The summed E-state index contributed by atoms with van der Waals surface area (Å²) >= 11 is 0. The van der Waals surface area contributed by atoms with Gasteiger partial charge in [0.2, 0.25) is 5.88 Å². The Morgan fingerprint density at radius 1 is 1.29 bits per heavy atom. The van der Waals surface area contributed by atoms with Crippen molar-refractivity contribution >= 4 is 11.6 Å². The molecule has 2 rings (SSSR count). The molecule has 0 spiro atoms. The van der Waals surface area contributed by atoms with Crippen molar-refractivity contribution in [2.24, 2.45) is 5.84 Å². The molecule has 1 aromatic carbocycles. The van der Waals surface area contributed by atoms with Gasteiger partial charge in [0.1, 0.15) is 5.75 Å². The molecule has 128 valence electrons. The number of hydrogen-bond acceptors (Lipinski definition) is 5. The van der Waals surface area contributed by atoms with E-state index in [-0.39, 0.29) is 17.3 Å². The molecule has 2 aromatic rings. The summed E-state index contributed by atoms with van der Waals surface area (Å²) in [4.78, 5) is 15.7. The molecule has 1 aromatic heterocycles. The maximum absolute atomic E-state index is 12.7. The number of anilines is 1. The number of carbonyl (C=O) groups is 1. The Morgan fingerprint density at radius 2 is 2.04 bits per heavy atom. The zero-order valence-corrected chi connectivity index (χ0v) is 12.6. The van der Waals surface area contributed by atoms with E-state index in [1.54, 1.807) is 0 Å². The van der Waals surface area contributed by atoms with Crippen LogP contribution in [0.2, 0.25) is 0 Å². The minimum absolute atomic E-state index is 0.0242. The Kier molecular flexibility index (Phi) is 5.24. The van der Waals surface area contributed by atoms with Crippen molar-refractivity contribution in [3.05, 3.63) is 47.7 Å². The molecule has 0 atom stereocenters. The normalized spacial score (nSPS) is 11.0. The number of ether oxygens (including phenoxy) is 1. The third-order valence-electron chi connectivity index (χ3n) is 2.97. The van der Waals surface area contributed by atoms with Crippen LogP contribution in [0.4, 0.5) is 18.9 Å². The maximum atomic E-state index is 12.7. The number of alkyl halides is 3. The lowest BCUT2D eigenvalue weighted by Gasteiger charge is -2.12. The van der Waals surface area contributed by atoms with Gasteiger partial charge in [0.05, 0.1) is 11.3 Å². The average Bonchev–Trinajstić information content (AvgIpc) is 2.55. The number of pyridine rings is 1. The molecular formula is C15H15F3N4O2. The molecule has 0 aliphatic heterocycles. The number of nitrogens with one attached hydrogen (secondary N) is 2. The highest BCUT2D eigenvalue weighted by atomic mass is 19.4. The van der Waals surface area contributed by atoms with E-state index in [9.17, 15) is 18.0 Å². The number of nitrogens with two attached hydrogens (primary N) is 1. The molecule has 9 heteroatoms. The molecule has 6 nitrogen and oxygen atoms in total. The van der Waals surface area contributed by atoms with Gasteiger partial charge in [-0.15, -0.1) is 0 Å². The Morgan fingerprint density at radius 3 is 2.67 bits per heavy atom. The first kappa shape index (κ1) is 17.5. The molecule has 0 unspecified atom stereocenters. The minimum Gasteiger partial charge on any atom is -0.439 e. The van der Waals surface area contributed by atoms with Crippen LogP contribution in [0.1, 0.15) is 23.0 Å². The van der Waals surface area contributed by atoms with Crippen molar-refractivity contribution < 1.29 is 22.7 Å². The van der Waals surface area contributed by atoms with Gasteiger partial charge in [0, 0.05) is 12.6 Å². The fourth-order valence-corrected chi connectivity index (χ4v) is 1.93. The summed E-state index contributed by atoms with van der Waals surface area (Å²) in [6.07, 6.45) is -4.48. The Labute approximate surface area is 135 Å². The summed E-state index contributed by atoms with van der Waals surface area (Å²) in [5.74, 6) is 4.37. The zero-order valence-electron chi connectivity index (χ0n) is 12.6. The maximum Gasteiger partial charge on any atom is 0.416 e. The molecule has 1 amide bonds. The predicted molar refractivity (Wildman–Crippen MR) is 81.6 cm³/mol. The van der Waals surface area contributed by atoms with Gasteiger partial charge in [-0.3, -0.25) is 10.2 Å². The Balaban J connectivity index is 2.32. The number of carbonyl (C=O) groups excluding carboxylic acids is 1. The third kappa shape index (κ3) is 4.13. The van der Waals surface area contributed by atoms with Crippen molar-refractivity contribution in [3.63, 3.8) is 0 Å². The molecule has 0 saturated heterocycles. The summed E-state index contributed by atoms with van der Waals surface area (Å²) < 4.78 is 43.5. The molecule has 1 heterocycles. The van der Waals surface area contributed by atoms with Crippen LogP contribution in [-0.2, 0) is 6.18 Å². The molecule has 0 bridgehead atoms. The van der Waals surface area contributed by atoms with E-state index in [0.717, 1.165) is 12.1 Å². The number of nitrogen functional groups attached to an aromatic ring is 1. The van der Waals surface area contributed by atoms with Crippen LogP contribution < -0.4 is 21.3 Å². The minimum atomic E-state index is -4.48. The smallest absolute Gasteiger partial charge is 0.416 e. The summed E-state index contributed by atoms with van der Waals surface area (Å²) in [7, 11) is 0. The molecule has 0 fully saturated rings. The van der Waals surface area contributed by atoms with Crippen molar-refractivity contribution in [3.8, 4) is 11.6 Å². The largest absolute Gasteiger partial charge is 0.439 e. The third-order valence-corrected chi connectivity index (χ3v) is 2.97. The number of aromatic nitrogens is 1. The van der Waals surface area contributed by atoms with Gasteiger partial charge < -0.3 is 10.1 Å². The van der Waals surface area contributed by atoms with Crippen LogP contribution >= 0.6 is 0 Å².